The van der Waals surface area contributed by atoms with E-state index in [4.69, 9.17) is 10.2 Å². The molecule has 0 spiro atoms. The summed E-state index contributed by atoms with van der Waals surface area (Å²) < 4.78 is 23.4. The maximum atomic E-state index is 15.7. The molecule has 0 saturated carbocycles. The van der Waals surface area contributed by atoms with E-state index in [2.05, 4.69) is 0 Å². The Morgan fingerprint density at radius 1 is 1.00 bits per heavy atom. The van der Waals surface area contributed by atoms with Crippen LogP contribution < -0.4 is 26.9 Å². The van der Waals surface area contributed by atoms with E-state index in [1.807, 2.05) is 0 Å². The molecule has 194 valence electrons. The van der Waals surface area contributed by atoms with Gasteiger partial charge in [-0.1, -0.05) is 24.3 Å². The van der Waals surface area contributed by atoms with E-state index in [0.717, 1.165) is 18.7 Å². The molecule has 10 heteroatoms. The van der Waals surface area contributed by atoms with Gasteiger partial charge in [-0.05, 0) is 37.1 Å². The third-order valence-electron chi connectivity index (χ3n) is 7.81. The molecule has 0 amide bonds. The quantitative estimate of drug-likeness (QED) is 0.266. The molecule has 1 aliphatic heterocycles. The Labute approximate surface area is 217 Å². The van der Waals surface area contributed by atoms with Gasteiger partial charge in [0, 0.05) is 40.8 Å². The van der Waals surface area contributed by atoms with Crippen LogP contribution in [-0.2, 0) is 0 Å². The Hall–Kier alpha value is -4.83. The van der Waals surface area contributed by atoms with Crippen LogP contribution in [0.3, 0.4) is 0 Å². The minimum Gasteiger partial charge on any atom is -0.477 e. The largest absolute Gasteiger partial charge is 0.477 e. The van der Waals surface area contributed by atoms with Gasteiger partial charge in [0.15, 0.2) is 27.8 Å². The molecular formula is C29H20FN3O6. The molecule has 1 saturated heterocycles. The van der Waals surface area contributed by atoms with Gasteiger partial charge in [-0.2, -0.15) is 0 Å². The lowest BCUT2D eigenvalue weighted by Gasteiger charge is -2.22. The van der Waals surface area contributed by atoms with Gasteiger partial charge in [0.05, 0.1) is 10.9 Å². The van der Waals surface area contributed by atoms with E-state index >= 15 is 4.39 Å². The average Bonchev–Trinajstić information content (AvgIpc) is 3.41. The van der Waals surface area contributed by atoms with Crippen LogP contribution in [0.2, 0.25) is 0 Å². The third-order valence-corrected chi connectivity index (χ3v) is 7.81. The van der Waals surface area contributed by atoms with Crippen molar-refractivity contribution >= 4 is 60.8 Å². The number of pyridine rings is 1. The summed E-state index contributed by atoms with van der Waals surface area (Å²) in [5, 5.41) is 10.4. The van der Waals surface area contributed by atoms with Crippen molar-refractivity contribution in [3.63, 3.8) is 0 Å². The number of hydrogen-bond acceptors (Lipinski definition) is 7. The number of carboxylic acid groups (broad SMARTS) is 1. The van der Waals surface area contributed by atoms with Crippen molar-refractivity contribution in [3.05, 3.63) is 90.7 Å². The highest BCUT2D eigenvalue weighted by Crippen LogP contribution is 2.38. The molecule has 3 heterocycles. The van der Waals surface area contributed by atoms with E-state index < -0.39 is 22.8 Å². The van der Waals surface area contributed by atoms with Crippen molar-refractivity contribution in [2.24, 2.45) is 11.7 Å². The fourth-order valence-corrected chi connectivity index (χ4v) is 5.87. The molecule has 0 bridgehead atoms. The number of carboxylic acids is 1. The molecule has 0 aliphatic carbocycles. The second kappa shape index (κ2) is 8.08. The van der Waals surface area contributed by atoms with Gasteiger partial charge < -0.3 is 24.6 Å². The highest BCUT2D eigenvalue weighted by molar-refractivity contribution is 6.08. The summed E-state index contributed by atoms with van der Waals surface area (Å²) in [6.45, 7) is 1.42. The van der Waals surface area contributed by atoms with Gasteiger partial charge >= 0.3 is 5.97 Å². The highest BCUT2D eigenvalue weighted by Gasteiger charge is 2.29. The Balaban J connectivity index is 1.70. The van der Waals surface area contributed by atoms with Crippen LogP contribution in [0, 0.1) is 11.7 Å². The number of hydrogen-bond donors (Lipinski definition) is 2. The van der Waals surface area contributed by atoms with Gasteiger partial charge in [-0.25, -0.2) is 9.18 Å². The second-order valence-electron chi connectivity index (χ2n) is 9.99. The van der Waals surface area contributed by atoms with Crippen LogP contribution in [-0.4, -0.2) is 35.1 Å². The van der Waals surface area contributed by atoms with Gasteiger partial charge in [-0.15, -0.1) is 0 Å². The van der Waals surface area contributed by atoms with Crippen molar-refractivity contribution in [1.29, 1.82) is 0 Å². The summed E-state index contributed by atoms with van der Waals surface area (Å²) in [6.07, 6.45) is 1.90. The highest BCUT2D eigenvalue weighted by atomic mass is 19.1. The molecule has 1 atom stereocenters. The second-order valence-corrected chi connectivity index (χ2v) is 9.99. The summed E-state index contributed by atoms with van der Waals surface area (Å²) in [4.78, 5) is 53.6. The van der Waals surface area contributed by atoms with Gasteiger partial charge in [0.2, 0.25) is 5.43 Å². The summed E-state index contributed by atoms with van der Waals surface area (Å²) in [6, 6.07) is 10.4. The van der Waals surface area contributed by atoms with Crippen LogP contribution in [0.15, 0.2) is 67.5 Å². The number of fused-ring (bicyclic) bond motifs is 4. The molecule has 1 fully saturated rings. The number of nitrogens with two attached hydrogens (primary N) is 1. The fraction of sp³-hybridized carbons (Fsp3) is 0.172. The van der Waals surface area contributed by atoms with Crippen LogP contribution in [0.25, 0.3) is 49.1 Å². The van der Waals surface area contributed by atoms with E-state index in [-0.39, 0.29) is 71.6 Å². The zero-order chi connectivity index (χ0) is 27.2. The number of nitrogens with zero attached hydrogens (tertiary/aromatic N) is 2. The lowest BCUT2D eigenvalue weighted by Crippen LogP contribution is -2.25. The number of rotatable bonds is 3. The Bertz CT molecular complexity index is 2220. The summed E-state index contributed by atoms with van der Waals surface area (Å²) in [5.74, 6) is -2.06. The predicted molar refractivity (Wildman–Crippen MR) is 146 cm³/mol. The normalized spacial score (nSPS) is 15.9. The molecule has 6 aromatic rings. The first-order chi connectivity index (χ1) is 18.8. The minimum atomic E-state index is -1.48. The lowest BCUT2D eigenvalue weighted by molar-refractivity contribution is 0.0695. The van der Waals surface area contributed by atoms with Crippen LogP contribution in [0.1, 0.15) is 16.8 Å². The van der Waals surface area contributed by atoms with Gasteiger partial charge in [0.1, 0.15) is 16.8 Å². The molecule has 1 aliphatic rings. The minimum absolute atomic E-state index is 0.0409. The van der Waals surface area contributed by atoms with Crippen LogP contribution in [0.5, 0.6) is 0 Å². The molecule has 2 aromatic heterocycles. The van der Waals surface area contributed by atoms with Crippen molar-refractivity contribution in [3.8, 4) is 0 Å². The average molecular weight is 525 g/mol. The lowest BCUT2D eigenvalue weighted by atomic mass is 10.0. The van der Waals surface area contributed by atoms with E-state index in [9.17, 15) is 24.3 Å². The van der Waals surface area contributed by atoms with E-state index in [0.29, 0.717) is 19.6 Å². The van der Waals surface area contributed by atoms with Gasteiger partial charge in [0.25, 0.3) is 0 Å². The van der Waals surface area contributed by atoms with Crippen molar-refractivity contribution in [2.45, 2.75) is 6.42 Å². The van der Waals surface area contributed by atoms with Crippen molar-refractivity contribution in [1.82, 2.24) is 4.40 Å². The number of aromatic nitrogens is 1. The maximum Gasteiger partial charge on any atom is 0.341 e. The number of benzene rings is 4. The summed E-state index contributed by atoms with van der Waals surface area (Å²) >= 11 is 0. The SMILES string of the molecule is NCC1CCN(c2c(F)cc3c(=O)c(C(=O)O)cn4c5cc6c(=O)c7ccccc7c(=O)c6cc5oc2c34)C1. The molecule has 39 heavy (non-hydrogen) atoms. The summed E-state index contributed by atoms with van der Waals surface area (Å²) in [7, 11) is 0. The molecule has 4 aromatic carbocycles. The van der Waals surface area contributed by atoms with Gasteiger partial charge in [-0.3, -0.25) is 14.4 Å². The monoisotopic (exact) mass is 525 g/mol. The Kier molecular flexibility index (Phi) is 4.83. The maximum absolute atomic E-state index is 15.7. The number of aromatic carboxylic acids is 1. The first kappa shape index (κ1) is 23.3. The Morgan fingerprint density at radius 2 is 1.69 bits per heavy atom. The number of anilines is 1. The van der Waals surface area contributed by atoms with Crippen LogP contribution in [0.4, 0.5) is 10.1 Å². The number of halogens is 1. The van der Waals surface area contributed by atoms with Crippen molar-refractivity contribution < 1.29 is 18.7 Å². The van der Waals surface area contributed by atoms with E-state index in [1.165, 1.54) is 16.5 Å². The molecule has 0 radical (unpaired) electrons. The Morgan fingerprint density at radius 3 is 2.33 bits per heavy atom. The molecular weight excluding hydrogens is 505 g/mol. The predicted octanol–water partition coefficient (Wildman–Crippen LogP) is 3.29. The molecule has 7 rings (SSSR count). The third kappa shape index (κ3) is 3.15. The zero-order valence-corrected chi connectivity index (χ0v) is 20.4. The molecule has 1 unspecified atom stereocenters. The standard InChI is InChI=1S/C29H20FN3O6/c30-20-7-18-23-28(24(20)32-6-5-13(10-31)11-32)39-22-9-17-16(25(34)14-3-1-2-4-15(14)26(17)35)8-21(22)33(23)12-19(27(18)36)29(37)38/h1-4,7-9,12-13H,5-6,10-11,31H2,(H,37,38). The first-order valence-corrected chi connectivity index (χ1v) is 12.4. The summed E-state index contributed by atoms with van der Waals surface area (Å²) in [5.41, 5.74) is 4.44. The van der Waals surface area contributed by atoms with E-state index in [1.54, 1.807) is 29.2 Å². The number of carbonyl (C=O) groups is 1. The first-order valence-electron chi connectivity index (χ1n) is 12.4. The smallest absolute Gasteiger partial charge is 0.341 e. The zero-order valence-electron chi connectivity index (χ0n) is 20.4. The van der Waals surface area contributed by atoms with Crippen molar-refractivity contribution in [2.75, 3.05) is 24.5 Å². The fourth-order valence-electron chi connectivity index (χ4n) is 5.87. The molecule has 9 nitrogen and oxygen atoms in total. The van der Waals surface area contributed by atoms with Crippen LogP contribution >= 0.6 is 0 Å². The topological polar surface area (TPSA) is 135 Å². The molecule has 3 N–H and O–H groups in total.